The van der Waals surface area contributed by atoms with Crippen LogP contribution < -0.4 is 11.1 Å². The molecule has 1 aliphatic heterocycles. The van der Waals surface area contributed by atoms with Crippen LogP contribution in [0.1, 0.15) is 41.6 Å². The normalized spacial score (nSPS) is 17.1. The second-order valence-corrected chi connectivity index (χ2v) is 6.01. The van der Waals surface area contributed by atoms with Gasteiger partial charge in [0.25, 0.3) is 5.91 Å². The van der Waals surface area contributed by atoms with Crippen molar-refractivity contribution in [3.05, 3.63) is 35.1 Å². The Morgan fingerprint density at radius 2 is 2.08 bits per heavy atom. The molecule has 1 atom stereocenters. The van der Waals surface area contributed by atoms with Gasteiger partial charge in [0, 0.05) is 37.7 Å². The van der Waals surface area contributed by atoms with E-state index in [1.54, 1.807) is 17.9 Å². The summed E-state index contributed by atoms with van der Waals surface area (Å²) in [4.78, 5) is 26.0. The average molecular weight is 358 g/mol. The smallest absolute Gasteiger partial charge is 0.254 e. The second-order valence-electron chi connectivity index (χ2n) is 6.01. The van der Waals surface area contributed by atoms with E-state index in [4.69, 9.17) is 5.73 Å². The molecule has 0 aromatic heterocycles. The minimum Gasteiger partial charge on any atom is -0.354 e. The molecule has 0 bridgehead atoms. The van der Waals surface area contributed by atoms with Gasteiger partial charge in [-0.2, -0.15) is 0 Å². The van der Waals surface area contributed by atoms with Crippen LogP contribution in [0.5, 0.6) is 0 Å². The third-order valence-electron chi connectivity index (χ3n) is 4.08. The number of hydrogen-bond acceptors (Lipinski definition) is 3. The van der Waals surface area contributed by atoms with E-state index in [9.17, 15) is 14.0 Å². The molecule has 2 amide bonds. The number of nitrogens with two attached hydrogens (primary N) is 1. The van der Waals surface area contributed by atoms with Crippen LogP contribution in [-0.2, 0) is 4.79 Å². The lowest BCUT2D eigenvalue weighted by molar-refractivity contribution is -0.121. The summed E-state index contributed by atoms with van der Waals surface area (Å²) >= 11 is 0. The van der Waals surface area contributed by atoms with E-state index >= 15 is 0 Å². The van der Waals surface area contributed by atoms with Gasteiger partial charge in [-0.05, 0) is 49.9 Å². The molecule has 1 saturated heterocycles. The van der Waals surface area contributed by atoms with Gasteiger partial charge in [0.2, 0.25) is 5.91 Å². The van der Waals surface area contributed by atoms with Crippen molar-refractivity contribution in [2.75, 3.05) is 19.6 Å². The van der Waals surface area contributed by atoms with E-state index in [2.05, 4.69) is 5.32 Å². The molecule has 5 nitrogen and oxygen atoms in total. The molecule has 1 heterocycles. The predicted molar refractivity (Wildman–Crippen MR) is 93.7 cm³/mol. The van der Waals surface area contributed by atoms with Crippen LogP contribution in [0, 0.1) is 12.7 Å². The first-order valence-corrected chi connectivity index (χ1v) is 8.06. The monoisotopic (exact) mass is 357 g/mol. The van der Waals surface area contributed by atoms with Gasteiger partial charge in [0.15, 0.2) is 0 Å². The highest BCUT2D eigenvalue weighted by atomic mass is 35.5. The highest BCUT2D eigenvalue weighted by Gasteiger charge is 2.28. The van der Waals surface area contributed by atoms with Gasteiger partial charge in [0.05, 0.1) is 0 Å². The molecule has 0 spiro atoms. The molecule has 1 fully saturated rings. The van der Waals surface area contributed by atoms with Gasteiger partial charge in [0.1, 0.15) is 5.82 Å². The molecule has 7 heteroatoms. The first-order valence-electron chi connectivity index (χ1n) is 8.06. The minimum absolute atomic E-state index is 0. The van der Waals surface area contributed by atoms with Crippen LogP contribution in [0.3, 0.4) is 0 Å². The molecule has 134 valence electrons. The highest BCUT2D eigenvalue weighted by Crippen LogP contribution is 2.20. The van der Waals surface area contributed by atoms with Gasteiger partial charge < -0.3 is 16.0 Å². The number of carbonyl (C=O) groups excluding carboxylic acids is 2. The van der Waals surface area contributed by atoms with Crippen molar-refractivity contribution < 1.29 is 14.0 Å². The second kappa shape index (κ2) is 9.59. The summed E-state index contributed by atoms with van der Waals surface area (Å²) in [6.07, 6.45) is 3.06. The number of amides is 2. The van der Waals surface area contributed by atoms with Crippen LogP contribution in [-0.4, -0.2) is 42.4 Å². The van der Waals surface area contributed by atoms with Crippen LogP contribution in [0.2, 0.25) is 0 Å². The fraction of sp³-hybridized carbons (Fsp3) is 0.529. The lowest BCUT2D eigenvalue weighted by Crippen LogP contribution is -2.49. The summed E-state index contributed by atoms with van der Waals surface area (Å²) in [5.74, 6) is -0.685. The summed E-state index contributed by atoms with van der Waals surface area (Å²) in [5.41, 5.74) is 6.44. The summed E-state index contributed by atoms with van der Waals surface area (Å²) in [5, 5.41) is 2.83. The Hall–Kier alpha value is -1.66. The zero-order valence-corrected chi connectivity index (χ0v) is 14.7. The van der Waals surface area contributed by atoms with Crippen LogP contribution in [0.4, 0.5) is 4.39 Å². The molecule has 1 unspecified atom stereocenters. The zero-order valence-electron chi connectivity index (χ0n) is 13.9. The minimum atomic E-state index is -0.404. The molecule has 24 heavy (non-hydrogen) atoms. The van der Waals surface area contributed by atoms with Crippen molar-refractivity contribution in [3.8, 4) is 0 Å². The van der Waals surface area contributed by atoms with Gasteiger partial charge in [-0.25, -0.2) is 4.39 Å². The number of nitrogens with zero attached hydrogens (tertiary/aromatic N) is 1. The summed E-state index contributed by atoms with van der Waals surface area (Å²) in [7, 11) is 0. The lowest BCUT2D eigenvalue weighted by Gasteiger charge is -2.36. The maximum absolute atomic E-state index is 13.6. The predicted octanol–water partition coefficient (Wildman–Crippen LogP) is 2.02. The fourth-order valence-corrected chi connectivity index (χ4v) is 2.96. The van der Waals surface area contributed by atoms with E-state index in [0.717, 1.165) is 24.8 Å². The number of rotatable bonds is 5. The number of piperidine rings is 1. The van der Waals surface area contributed by atoms with Gasteiger partial charge in [-0.3, -0.25) is 9.59 Å². The number of aryl methyl sites for hydroxylation is 1. The van der Waals surface area contributed by atoms with Gasteiger partial charge in [-0.15, -0.1) is 12.4 Å². The van der Waals surface area contributed by atoms with Crippen molar-refractivity contribution in [1.82, 2.24) is 10.2 Å². The molecule has 3 N–H and O–H groups in total. The molecule has 1 aromatic rings. The molecular weight excluding hydrogens is 333 g/mol. The maximum Gasteiger partial charge on any atom is 0.254 e. The van der Waals surface area contributed by atoms with Crippen molar-refractivity contribution in [3.63, 3.8) is 0 Å². The standard InChI is InChI=1S/C17H24FN3O2.ClH/c1-12-8-13(10-14(18)9-12)17(23)21-7-3-2-4-15(21)11-20-16(22)5-6-19;/h8-10,15H,2-7,11,19H2,1H3,(H,20,22);1H. The maximum atomic E-state index is 13.6. The summed E-state index contributed by atoms with van der Waals surface area (Å²) in [6.45, 7) is 3.12. The number of benzene rings is 1. The van der Waals surface area contributed by atoms with E-state index in [1.807, 2.05) is 0 Å². The van der Waals surface area contributed by atoms with Crippen LogP contribution in [0.15, 0.2) is 18.2 Å². The summed E-state index contributed by atoms with van der Waals surface area (Å²) < 4.78 is 13.6. The quantitative estimate of drug-likeness (QED) is 0.846. The Morgan fingerprint density at radius 3 is 2.75 bits per heavy atom. The number of hydrogen-bond donors (Lipinski definition) is 2. The zero-order chi connectivity index (χ0) is 16.8. The Bertz CT molecular complexity index is 563. The first-order chi connectivity index (χ1) is 11.0. The highest BCUT2D eigenvalue weighted by molar-refractivity contribution is 5.94. The van der Waals surface area contributed by atoms with E-state index in [0.29, 0.717) is 25.2 Å². The van der Waals surface area contributed by atoms with Crippen molar-refractivity contribution >= 4 is 24.2 Å². The number of halogens is 2. The van der Waals surface area contributed by atoms with Gasteiger partial charge in [-0.1, -0.05) is 0 Å². The largest absolute Gasteiger partial charge is 0.354 e. The SMILES string of the molecule is Cc1cc(F)cc(C(=O)N2CCCCC2CNC(=O)CCN)c1.Cl. The van der Waals surface area contributed by atoms with E-state index in [1.165, 1.54) is 12.1 Å². The van der Waals surface area contributed by atoms with Gasteiger partial charge >= 0.3 is 0 Å². The van der Waals surface area contributed by atoms with Crippen molar-refractivity contribution in [2.24, 2.45) is 5.73 Å². The Balaban J connectivity index is 0.00000288. The molecule has 0 saturated carbocycles. The molecule has 2 rings (SSSR count). The Kier molecular flexibility index (Phi) is 8.15. The Morgan fingerprint density at radius 1 is 1.33 bits per heavy atom. The molecular formula is C17H25ClFN3O2. The fourth-order valence-electron chi connectivity index (χ4n) is 2.96. The van der Waals surface area contributed by atoms with Crippen molar-refractivity contribution in [2.45, 2.75) is 38.6 Å². The van der Waals surface area contributed by atoms with E-state index in [-0.39, 0.29) is 36.7 Å². The molecule has 0 radical (unpaired) electrons. The summed E-state index contributed by atoms with van der Waals surface area (Å²) in [6, 6.07) is 4.32. The number of likely N-dealkylation sites (tertiary alicyclic amines) is 1. The van der Waals surface area contributed by atoms with Crippen molar-refractivity contribution in [1.29, 1.82) is 0 Å². The first kappa shape index (κ1) is 20.4. The molecule has 1 aromatic carbocycles. The van der Waals surface area contributed by atoms with E-state index < -0.39 is 5.82 Å². The Labute approximate surface area is 148 Å². The topological polar surface area (TPSA) is 75.4 Å². The molecule has 1 aliphatic rings. The molecule has 0 aliphatic carbocycles. The van der Waals surface area contributed by atoms with Crippen LogP contribution in [0.25, 0.3) is 0 Å². The number of carbonyl (C=O) groups is 2. The average Bonchev–Trinajstić information content (AvgIpc) is 2.52. The lowest BCUT2D eigenvalue weighted by atomic mass is 10.00. The third-order valence-corrected chi connectivity index (χ3v) is 4.08. The number of nitrogens with one attached hydrogen (secondary N) is 1. The third kappa shape index (κ3) is 5.46. The van der Waals surface area contributed by atoms with Crippen LogP contribution >= 0.6 is 12.4 Å².